The van der Waals surface area contributed by atoms with Gasteiger partial charge in [0.15, 0.2) is 13.1 Å². The summed E-state index contributed by atoms with van der Waals surface area (Å²) in [5.74, 6) is 0.711. The Labute approximate surface area is 61.5 Å². The Hall–Kier alpha value is -0.0800. The minimum Gasteiger partial charge on any atom is -0.326 e. The minimum atomic E-state index is 0.167. The van der Waals surface area contributed by atoms with Crippen molar-refractivity contribution in [1.82, 2.24) is 0 Å². The zero-order valence-corrected chi connectivity index (χ0v) is 6.21. The lowest BCUT2D eigenvalue weighted by atomic mass is 9.88. The van der Waals surface area contributed by atoms with E-state index < -0.39 is 0 Å². The van der Waals surface area contributed by atoms with Crippen LogP contribution in [0.2, 0.25) is 0 Å². The molecule has 2 nitrogen and oxygen atoms in total. The van der Waals surface area contributed by atoms with Crippen LogP contribution in [0.5, 0.6) is 0 Å². The summed E-state index contributed by atoms with van der Waals surface area (Å²) in [6.07, 6.45) is 6.93. The van der Waals surface area contributed by atoms with Crippen molar-refractivity contribution in [2.75, 3.05) is 6.79 Å². The molecular formula is C8H14O2. The van der Waals surface area contributed by atoms with Gasteiger partial charge in [-0.2, -0.15) is 0 Å². The molecule has 0 aromatic rings. The summed E-state index contributed by atoms with van der Waals surface area (Å²) in [6, 6.07) is 0. The second-order valence-electron chi connectivity index (χ2n) is 3.22. The molecule has 1 heterocycles. The molecule has 1 aliphatic carbocycles. The lowest BCUT2D eigenvalue weighted by molar-refractivity contribution is -0.342. The largest absolute Gasteiger partial charge is 0.326 e. The molecule has 0 aromatic heterocycles. The van der Waals surface area contributed by atoms with Gasteiger partial charge >= 0.3 is 0 Å². The van der Waals surface area contributed by atoms with E-state index in [4.69, 9.17) is 9.47 Å². The van der Waals surface area contributed by atoms with Gasteiger partial charge in [-0.3, -0.25) is 0 Å². The van der Waals surface area contributed by atoms with Crippen molar-refractivity contribution in [1.29, 1.82) is 0 Å². The molecule has 0 N–H and O–H groups in total. The quantitative estimate of drug-likeness (QED) is 0.556. The van der Waals surface area contributed by atoms with Crippen LogP contribution < -0.4 is 0 Å². The minimum absolute atomic E-state index is 0.167. The second kappa shape index (κ2) is 2.89. The highest BCUT2D eigenvalue weighted by molar-refractivity contribution is 4.70. The van der Waals surface area contributed by atoms with Crippen molar-refractivity contribution >= 4 is 0 Å². The summed E-state index contributed by atoms with van der Waals surface area (Å²) in [5.41, 5.74) is 0. The molecule has 58 valence electrons. The van der Waals surface area contributed by atoms with Crippen molar-refractivity contribution in [2.24, 2.45) is 5.92 Å². The molecule has 2 heteroatoms. The first-order valence-corrected chi connectivity index (χ1v) is 4.20. The molecule has 0 amide bonds. The van der Waals surface area contributed by atoms with Crippen LogP contribution in [0, 0.1) is 5.92 Å². The van der Waals surface area contributed by atoms with Gasteiger partial charge in [0.1, 0.15) is 0 Å². The van der Waals surface area contributed by atoms with Crippen molar-refractivity contribution < 1.29 is 9.47 Å². The van der Waals surface area contributed by atoms with E-state index in [-0.39, 0.29) is 6.29 Å². The standard InChI is InChI=1S/C8H14O2/c1-2-4-7(5-3-1)8-9-6-10-8/h7-8H,1-6H2. The molecule has 10 heavy (non-hydrogen) atoms. The Morgan fingerprint density at radius 1 is 0.900 bits per heavy atom. The van der Waals surface area contributed by atoms with Gasteiger partial charge < -0.3 is 9.47 Å². The maximum absolute atomic E-state index is 5.25. The molecule has 1 saturated heterocycles. The molecule has 1 aliphatic heterocycles. The highest BCUT2D eigenvalue weighted by Crippen LogP contribution is 2.31. The molecular weight excluding hydrogens is 128 g/mol. The Bertz CT molecular complexity index is 104. The lowest BCUT2D eigenvalue weighted by Gasteiger charge is -2.35. The molecule has 2 aliphatic rings. The van der Waals surface area contributed by atoms with Gasteiger partial charge in [0, 0.05) is 5.92 Å². The summed E-state index contributed by atoms with van der Waals surface area (Å²) in [6.45, 7) is 0.529. The van der Waals surface area contributed by atoms with E-state index in [2.05, 4.69) is 0 Å². The van der Waals surface area contributed by atoms with E-state index in [1.54, 1.807) is 0 Å². The first kappa shape index (κ1) is 6.62. The maximum atomic E-state index is 5.25. The van der Waals surface area contributed by atoms with Crippen LogP contribution in [0.4, 0.5) is 0 Å². The van der Waals surface area contributed by atoms with Gasteiger partial charge in [0.05, 0.1) is 0 Å². The molecule has 0 spiro atoms. The molecule has 0 bridgehead atoms. The predicted octanol–water partition coefficient (Wildman–Crippen LogP) is 1.90. The van der Waals surface area contributed by atoms with Crippen LogP contribution >= 0.6 is 0 Å². The fraction of sp³-hybridized carbons (Fsp3) is 1.00. The van der Waals surface area contributed by atoms with Crippen LogP contribution in [-0.4, -0.2) is 13.1 Å². The second-order valence-corrected chi connectivity index (χ2v) is 3.22. The molecule has 2 fully saturated rings. The zero-order chi connectivity index (χ0) is 6.81. The number of rotatable bonds is 1. The van der Waals surface area contributed by atoms with Gasteiger partial charge in [0.2, 0.25) is 0 Å². The highest BCUT2D eigenvalue weighted by Gasteiger charge is 2.29. The third-order valence-corrected chi connectivity index (χ3v) is 2.50. The maximum Gasteiger partial charge on any atom is 0.166 e. The van der Waals surface area contributed by atoms with Gasteiger partial charge in [-0.25, -0.2) is 0 Å². The fourth-order valence-corrected chi connectivity index (χ4v) is 1.83. The number of hydrogen-bond acceptors (Lipinski definition) is 2. The van der Waals surface area contributed by atoms with Crippen LogP contribution in [0.3, 0.4) is 0 Å². The highest BCUT2D eigenvalue weighted by atomic mass is 16.8. The van der Waals surface area contributed by atoms with Gasteiger partial charge in [-0.05, 0) is 12.8 Å². The summed E-state index contributed by atoms with van der Waals surface area (Å²) in [5, 5.41) is 0. The van der Waals surface area contributed by atoms with E-state index in [9.17, 15) is 0 Å². The number of hydrogen-bond donors (Lipinski definition) is 0. The molecule has 0 radical (unpaired) electrons. The van der Waals surface area contributed by atoms with E-state index in [0.717, 1.165) is 0 Å². The van der Waals surface area contributed by atoms with Crippen molar-refractivity contribution in [3.8, 4) is 0 Å². The SMILES string of the molecule is C1CCC(C2OCO2)CC1. The zero-order valence-electron chi connectivity index (χ0n) is 6.21. The van der Waals surface area contributed by atoms with Crippen molar-refractivity contribution in [2.45, 2.75) is 38.4 Å². The summed E-state index contributed by atoms with van der Waals surface area (Å²) in [4.78, 5) is 0. The van der Waals surface area contributed by atoms with Crippen molar-refractivity contribution in [3.05, 3.63) is 0 Å². The average molecular weight is 142 g/mol. The molecule has 0 atom stereocenters. The Kier molecular flexibility index (Phi) is 1.91. The molecule has 1 saturated carbocycles. The van der Waals surface area contributed by atoms with Crippen LogP contribution in [-0.2, 0) is 9.47 Å². The van der Waals surface area contributed by atoms with Crippen molar-refractivity contribution in [3.63, 3.8) is 0 Å². The predicted molar refractivity (Wildman–Crippen MR) is 37.4 cm³/mol. The first-order valence-electron chi connectivity index (χ1n) is 4.20. The van der Waals surface area contributed by atoms with Gasteiger partial charge in [0.25, 0.3) is 0 Å². The lowest BCUT2D eigenvalue weighted by Crippen LogP contribution is -2.38. The summed E-state index contributed by atoms with van der Waals surface area (Å²) < 4.78 is 10.5. The normalized spacial score (nSPS) is 30.0. The molecule has 0 aromatic carbocycles. The van der Waals surface area contributed by atoms with E-state index >= 15 is 0 Å². The third-order valence-electron chi connectivity index (χ3n) is 2.50. The smallest absolute Gasteiger partial charge is 0.166 e. The monoisotopic (exact) mass is 142 g/mol. The van der Waals surface area contributed by atoms with Gasteiger partial charge in [-0.1, -0.05) is 19.3 Å². The van der Waals surface area contributed by atoms with E-state index in [1.807, 2.05) is 0 Å². The van der Waals surface area contributed by atoms with E-state index in [0.29, 0.717) is 12.7 Å². The molecule has 2 rings (SSSR count). The summed E-state index contributed by atoms with van der Waals surface area (Å²) >= 11 is 0. The summed E-state index contributed by atoms with van der Waals surface area (Å²) in [7, 11) is 0. The fourth-order valence-electron chi connectivity index (χ4n) is 1.83. The Balaban J connectivity index is 1.78. The Morgan fingerprint density at radius 3 is 2.10 bits per heavy atom. The molecule has 0 unspecified atom stereocenters. The topological polar surface area (TPSA) is 18.5 Å². The van der Waals surface area contributed by atoms with Crippen LogP contribution in [0.15, 0.2) is 0 Å². The van der Waals surface area contributed by atoms with Crippen LogP contribution in [0.1, 0.15) is 32.1 Å². The first-order chi connectivity index (χ1) is 4.97. The average Bonchev–Trinajstić information content (AvgIpc) is 1.86. The van der Waals surface area contributed by atoms with Crippen LogP contribution in [0.25, 0.3) is 0 Å². The van der Waals surface area contributed by atoms with E-state index in [1.165, 1.54) is 32.1 Å². The number of ether oxygens (including phenoxy) is 2. The third kappa shape index (κ3) is 1.18. The van der Waals surface area contributed by atoms with Gasteiger partial charge in [-0.15, -0.1) is 0 Å². The Morgan fingerprint density at radius 2 is 1.60 bits per heavy atom.